The number of aliphatic hydroxyl groups is 1. The van der Waals surface area contributed by atoms with Crippen molar-refractivity contribution in [3.05, 3.63) is 89.9 Å². The van der Waals surface area contributed by atoms with Crippen LogP contribution in [0, 0.1) is 40.9 Å². The Labute approximate surface area is 415 Å². The van der Waals surface area contributed by atoms with E-state index in [4.69, 9.17) is 20.3 Å². The van der Waals surface area contributed by atoms with Crippen LogP contribution in [0.5, 0.6) is 5.75 Å². The standard InChI is InChI=1S/C54H65N11O6/c1-33(2)51(54(69)64-32-41(66)25-47(64)53(68)58-35(4)39-13-11-36(28-55)12-14-39)49-27-50(61-71-49)63-21-15-37(16-22-63)30-62-19-17-42(18-20-62)70-43-23-38(24-43)10-9-34(3)65-31-40(29-57-65)45-26-46(59-60-52(45)56)44-7-5-6-8-48(44)67/h5-8,11-14,26-27,29,31,33-35,37-38,41-43,47,51,66-67H,15-25,30,32H2,1-4H3,(H2,56,60)(H,58,68)/t34-,35+,38?,41-,43?,47+,51-/m1/s1. The number of aromatic hydroxyl groups is 1. The van der Waals surface area contributed by atoms with E-state index in [-0.39, 0.29) is 66.6 Å². The van der Waals surface area contributed by atoms with Crippen LogP contribution in [0.15, 0.2) is 77.6 Å². The van der Waals surface area contributed by atoms with Gasteiger partial charge in [0.2, 0.25) is 11.8 Å². The van der Waals surface area contributed by atoms with Crippen molar-refractivity contribution in [1.82, 2.24) is 40.3 Å². The van der Waals surface area contributed by atoms with Gasteiger partial charge in [-0.25, -0.2) is 0 Å². The minimum absolute atomic E-state index is 0.0645. The molecule has 2 aromatic carbocycles. The number of nitriles is 1. The first-order valence-electron chi connectivity index (χ1n) is 25.2. The SMILES string of the molecule is CC(C)[C@@H](C(=O)N1C[C@H](O)C[C@H]1C(=O)N[C@@H](C)c1ccc(C#N)cc1)c1cc(N2CCC(CN3CCC(OC4CC(C#C[C@@H](C)n5cc(-c6cc(-c7ccccc7O)nnc6N)cn5)C4)CC3)CC2)no1. The van der Waals surface area contributed by atoms with Gasteiger partial charge in [-0.05, 0) is 100 Å². The largest absolute Gasteiger partial charge is 0.507 e. The zero-order valence-electron chi connectivity index (χ0n) is 41.0. The number of hydrogen-bond donors (Lipinski definition) is 4. The van der Waals surface area contributed by atoms with Crippen LogP contribution in [0.3, 0.4) is 0 Å². The third kappa shape index (κ3) is 11.4. The maximum atomic E-state index is 14.2. The number of nitrogen functional groups attached to an aromatic ring is 1. The van der Waals surface area contributed by atoms with E-state index < -0.39 is 18.1 Å². The molecule has 0 bridgehead atoms. The van der Waals surface area contributed by atoms with Crippen LogP contribution in [0.2, 0.25) is 0 Å². The van der Waals surface area contributed by atoms with Gasteiger partial charge in [0.25, 0.3) is 0 Å². The molecule has 1 saturated carbocycles. The third-order valence-electron chi connectivity index (χ3n) is 14.8. The molecule has 3 aliphatic heterocycles. The van der Waals surface area contributed by atoms with Crippen molar-refractivity contribution in [3.8, 4) is 46.0 Å². The van der Waals surface area contributed by atoms with Gasteiger partial charge in [-0.15, -0.1) is 10.2 Å². The van der Waals surface area contributed by atoms with E-state index in [0.717, 1.165) is 88.2 Å². The maximum Gasteiger partial charge on any atom is 0.243 e. The third-order valence-corrected chi connectivity index (χ3v) is 14.8. The minimum atomic E-state index is -0.824. The molecule has 0 spiro atoms. The van der Waals surface area contributed by atoms with E-state index in [1.165, 1.54) is 4.90 Å². The Kier molecular flexibility index (Phi) is 15.0. The predicted molar refractivity (Wildman–Crippen MR) is 267 cm³/mol. The van der Waals surface area contributed by atoms with Crippen molar-refractivity contribution in [2.24, 2.45) is 17.8 Å². The number of nitrogens with zero attached hydrogens (tertiary/aromatic N) is 9. The highest BCUT2D eigenvalue weighted by molar-refractivity contribution is 5.91. The molecular weight excluding hydrogens is 899 g/mol. The molecule has 71 heavy (non-hydrogen) atoms. The fourth-order valence-corrected chi connectivity index (χ4v) is 10.5. The van der Waals surface area contributed by atoms with E-state index in [1.54, 1.807) is 48.7 Å². The molecule has 1 aliphatic carbocycles. The van der Waals surface area contributed by atoms with Gasteiger partial charge in [0.15, 0.2) is 17.4 Å². The quantitative estimate of drug-likeness (QED) is 0.0876. The van der Waals surface area contributed by atoms with Crippen molar-refractivity contribution < 1.29 is 29.1 Å². The van der Waals surface area contributed by atoms with Crippen molar-refractivity contribution in [1.29, 1.82) is 5.26 Å². The summed E-state index contributed by atoms with van der Waals surface area (Å²) in [7, 11) is 0. The molecule has 4 aliphatic rings. The number of β-amino-alcohol motifs (C(OH)–C–C–N with tert-alkyl or cyclic N) is 1. The summed E-state index contributed by atoms with van der Waals surface area (Å²) in [4.78, 5) is 34.1. The maximum absolute atomic E-state index is 14.2. The molecule has 0 radical (unpaired) electrons. The predicted octanol–water partition coefficient (Wildman–Crippen LogP) is 6.47. The van der Waals surface area contributed by atoms with E-state index in [9.17, 15) is 19.8 Å². The number of carbonyl (C=O) groups is 2. The van der Waals surface area contributed by atoms with Crippen LogP contribution in [0.25, 0.3) is 22.4 Å². The highest BCUT2D eigenvalue weighted by atomic mass is 16.5. The van der Waals surface area contributed by atoms with Crippen LogP contribution in [-0.4, -0.2) is 121 Å². The number of piperidine rings is 2. The van der Waals surface area contributed by atoms with E-state index in [0.29, 0.717) is 40.0 Å². The number of phenols is 1. The Bertz CT molecular complexity index is 2750. The first-order chi connectivity index (χ1) is 34.3. The average Bonchev–Trinajstić information content (AvgIpc) is 4.14. The normalized spacial score (nSPS) is 22.3. The summed E-state index contributed by atoms with van der Waals surface area (Å²) < 4.78 is 14.3. The second-order valence-electron chi connectivity index (χ2n) is 20.2. The molecule has 17 heteroatoms. The summed E-state index contributed by atoms with van der Waals surface area (Å²) in [6.07, 6.45) is 9.57. The Morgan fingerprint density at radius 1 is 0.944 bits per heavy atom. The van der Waals surface area contributed by atoms with Crippen LogP contribution < -0.4 is 16.0 Å². The second kappa shape index (κ2) is 21.7. The topological polar surface area (TPSA) is 225 Å². The number of ether oxygens (including phenoxy) is 1. The van der Waals surface area contributed by atoms with Crippen LogP contribution >= 0.6 is 0 Å². The number of hydrogen-bond acceptors (Lipinski definition) is 14. The summed E-state index contributed by atoms with van der Waals surface area (Å²) in [6.45, 7) is 12.7. The summed E-state index contributed by atoms with van der Waals surface area (Å²) in [5.74, 6) is 7.95. The number of rotatable bonds is 14. The molecule has 17 nitrogen and oxygen atoms in total. The van der Waals surface area contributed by atoms with Crippen LogP contribution in [0.4, 0.5) is 11.6 Å². The van der Waals surface area contributed by atoms with Gasteiger partial charge in [-0.2, -0.15) is 10.4 Å². The monoisotopic (exact) mass is 964 g/mol. The lowest BCUT2D eigenvalue weighted by Gasteiger charge is -2.40. The lowest BCUT2D eigenvalue weighted by atomic mass is 9.82. The number of aromatic nitrogens is 5. The molecule has 3 saturated heterocycles. The Morgan fingerprint density at radius 3 is 2.41 bits per heavy atom. The molecule has 2 amide bonds. The lowest BCUT2D eigenvalue weighted by molar-refractivity contribution is -0.141. The number of para-hydroxylation sites is 1. The summed E-state index contributed by atoms with van der Waals surface area (Å²) in [6, 6.07) is 18.5. The molecule has 4 fully saturated rings. The van der Waals surface area contributed by atoms with E-state index >= 15 is 0 Å². The minimum Gasteiger partial charge on any atom is -0.507 e. The average molecular weight is 964 g/mol. The molecule has 372 valence electrons. The molecule has 5 N–H and O–H groups in total. The number of nitrogens with one attached hydrogen (secondary N) is 1. The number of phenolic OH excluding ortho intramolecular Hbond substituents is 1. The Morgan fingerprint density at radius 2 is 1.69 bits per heavy atom. The molecule has 5 aromatic rings. The fraction of sp³-hybridized carbons (Fsp3) is 0.500. The van der Waals surface area contributed by atoms with Crippen molar-refractivity contribution in [3.63, 3.8) is 0 Å². The van der Waals surface area contributed by atoms with Crippen molar-refractivity contribution in [2.75, 3.05) is 49.9 Å². The van der Waals surface area contributed by atoms with Gasteiger partial charge in [0.1, 0.15) is 23.8 Å². The van der Waals surface area contributed by atoms with Gasteiger partial charge in [-0.1, -0.05) is 55.1 Å². The molecule has 3 aromatic heterocycles. The van der Waals surface area contributed by atoms with E-state index in [2.05, 4.69) is 53.5 Å². The van der Waals surface area contributed by atoms with Gasteiger partial charge in [0, 0.05) is 80.6 Å². The first kappa shape index (κ1) is 49.2. The van der Waals surface area contributed by atoms with Crippen LogP contribution in [-0.2, 0) is 14.3 Å². The summed E-state index contributed by atoms with van der Waals surface area (Å²) in [5, 5.41) is 50.5. The van der Waals surface area contributed by atoms with Gasteiger partial charge in [-0.3, -0.25) is 14.3 Å². The van der Waals surface area contributed by atoms with Gasteiger partial charge < -0.3 is 45.2 Å². The Hall–Kier alpha value is -6.79. The number of aliphatic hydroxyl groups excluding tert-OH is 1. The number of amides is 2. The van der Waals surface area contributed by atoms with Crippen molar-refractivity contribution >= 4 is 23.5 Å². The zero-order chi connectivity index (χ0) is 49.8. The molecule has 6 heterocycles. The van der Waals surface area contributed by atoms with Gasteiger partial charge >= 0.3 is 0 Å². The smallest absolute Gasteiger partial charge is 0.243 e. The molecule has 0 unspecified atom stereocenters. The Balaban J connectivity index is 0.691. The molecule has 5 atom stereocenters. The number of benzene rings is 2. The first-order valence-corrected chi connectivity index (χ1v) is 25.2. The number of carbonyl (C=O) groups excluding carboxylic acids is 2. The summed E-state index contributed by atoms with van der Waals surface area (Å²) in [5.41, 5.74) is 10.2. The highest BCUT2D eigenvalue weighted by Gasteiger charge is 2.44. The fourth-order valence-electron chi connectivity index (χ4n) is 10.5. The second-order valence-corrected chi connectivity index (χ2v) is 20.2. The van der Waals surface area contributed by atoms with Crippen LogP contribution in [0.1, 0.15) is 108 Å². The molecule has 9 rings (SSSR count). The van der Waals surface area contributed by atoms with Crippen molar-refractivity contribution in [2.45, 2.75) is 115 Å². The number of anilines is 2. The lowest BCUT2D eigenvalue weighted by Crippen LogP contribution is -2.48. The van der Waals surface area contributed by atoms with E-state index in [1.807, 2.05) is 56.8 Å². The summed E-state index contributed by atoms with van der Waals surface area (Å²) >= 11 is 0. The van der Waals surface area contributed by atoms with Gasteiger partial charge in [0.05, 0.1) is 47.9 Å². The molecular formula is C54H65N11O6. The number of likely N-dealkylation sites (tertiary alicyclic amines) is 2. The zero-order valence-corrected chi connectivity index (χ0v) is 41.0. The highest BCUT2D eigenvalue weighted by Crippen LogP contribution is 2.36. The number of nitrogens with two attached hydrogens (primary N) is 1.